The Labute approximate surface area is 146 Å². The molecule has 3 nitrogen and oxygen atoms in total. The molecule has 0 heterocycles. The molecule has 0 radical (unpaired) electrons. The van der Waals surface area contributed by atoms with E-state index >= 15 is 0 Å². The Balaban J connectivity index is 0.00000264. The van der Waals surface area contributed by atoms with Gasteiger partial charge in [0.25, 0.3) is 0 Å². The monoisotopic (exact) mass is 338 g/mol. The Hall–Kier alpha value is -1.06. The van der Waals surface area contributed by atoms with E-state index in [-0.39, 0.29) is 23.9 Å². The molecular weight excluding hydrogens is 308 g/mol. The molecule has 1 aromatic carbocycles. The lowest BCUT2D eigenvalue weighted by atomic mass is 9.87. The molecule has 2 rings (SSSR count). The molecule has 1 aromatic rings. The Morgan fingerprint density at radius 2 is 1.87 bits per heavy atom. The number of hydrogen-bond acceptors (Lipinski definition) is 2. The van der Waals surface area contributed by atoms with Gasteiger partial charge in [-0.2, -0.15) is 0 Å². The second-order valence-electron chi connectivity index (χ2n) is 6.66. The number of nitrogens with one attached hydrogen (secondary N) is 1. The summed E-state index contributed by atoms with van der Waals surface area (Å²) in [4.78, 5) is 12.4. The molecule has 130 valence electrons. The highest BCUT2D eigenvalue weighted by atomic mass is 35.5. The smallest absolute Gasteiger partial charge is 0.220 e. The number of unbranched alkanes of at least 4 members (excludes halogenated alkanes) is 3. The summed E-state index contributed by atoms with van der Waals surface area (Å²) in [6.07, 6.45) is 9.43. The van der Waals surface area contributed by atoms with Crippen LogP contribution in [0.2, 0.25) is 0 Å². The molecule has 23 heavy (non-hydrogen) atoms. The number of nitrogens with two attached hydrogens (primary N) is 1. The van der Waals surface area contributed by atoms with Gasteiger partial charge in [-0.15, -0.1) is 12.4 Å². The first-order valence-corrected chi connectivity index (χ1v) is 8.74. The number of rotatable bonds is 8. The van der Waals surface area contributed by atoms with Gasteiger partial charge in [-0.3, -0.25) is 4.79 Å². The molecule has 0 aromatic heterocycles. The molecule has 1 fully saturated rings. The van der Waals surface area contributed by atoms with Crippen LogP contribution in [0.15, 0.2) is 24.3 Å². The van der Waals surface area contributed by atoms with Gasteiger partial charge in [0.2, 0.25) is 5.91 Å². The van der Waals surface area contributed by atoms with Crippen molar-refractivity contribution in [2.75, 3.05) is 6.54 Å². The maximum Gasteiger partial charge on any atom is 0.220 e. The number of halogens is 1. The summed E-state index contributed by atoms with van der Waals surface area (Å²) in [5.74, 6) is 0.205. The highest BCUT2D eigenvalue weighted by Gasteiger charge is 2.36. The summed E-state index contributed by atoms with van der Waals surface area (Å²) in [6.45, 7) is 2.87. The quantitative estimate of drug-likeness (QED) is 0.697. The van der Waals surface area contributed by atoms with Gasteiger partial charge in [0, 0.05) is 6.42 Å². The molecule has 1 aliphatic rings. The molecule has 0 atom stereocenters. The number of hydrogen-bond donors (Lipinski definition) is 2. The molecule has 0 aliphatic heterocycles. The zero-order valence-electron chi connectivity index (χ0n) is 14.3. The highest BCUT2D eigenvalue weighted by molar-refractivity contribution is 5.85. The van der Waals surface area contributed by atoms with Crippen molar-refractivity contribution in [1.82, 2.24) is 5.32 Å². The van der Waals surface area contributed by atoms with E-state index in [4.69, 9.17) is 5.73 Å². The van der Waals surface area contributed by atoms with Crippen LogP contribution in [-0.4, -0.2) is 12.5 Å². The second kappa shape index (κ2) is 9.94. The molecule has 0 spiro atoms. The Bertz CT molecular complexity index is 484. The lowest BCUT2D eigenvalue weighted by molar-refractivity contribution is -0.123. The molecular formula is C19H31ClN2O. The molecule has 3 N–H and O–H groups in total. The van der Waals surface area contributed by atoms with Crippen LogP contribution in [0.4, 0.5) is 0 Å². The minimum Gasteiger partial charge on any atom is -0.347 e. The first-order valence-electron chi connectivity index (χ1n) is 8.74. The van der Waals surface area contributed by atoms with E-state index in [0.717, 1.165) is 45.1 Å². The summed E-state index contributed by atoms with van der Waals surface area (Å²) >= 11 is 0. The van der Waals surface area contributed by atoms with E-state index in [1.165, 1.54) is 24.0 Å². The fourth-order valence-corrected chi connectivity index (χ4v) is 3.52. The molecule has 0 saturated heterocycles. The van der Waals surface area contributed by atoms with Crippen LogP contribution in [0.1, 0.15) is 68.9 Å². The third kappa shape index (κ3) is 5.82. The van der Waals surface area contributed by atoms with E-state index in [0.29, 0.717) is 6.42 Å². The standard InChI is InChI=1S/C19H30N2O.ClH/c1-16-9-8-10-17(15-16)19(12-5-6-13-19)21-18(22)11-4-2-3-7-14-20;/h8-10,15H,2-7,11-14,20H2,1H3,(H,21,22);1H. The summed E-state index contributed by atoms with van der Waals surface area (Å²) in [5, 5.41) is 3.36. The van der Waals surface area contributed by atoms with Crippen LogP contribution >= 0.6 is 12.4 Å². The average Bonchev–Trinajstić information content (AvgIpc) is 2.97. The number of benzene rings is 1. The van der Waals surface area contributed by atoms with E-state index in [1.54, 1.807) is 0 Å². The van der Waals surface area contributed by atoms with Crippen molar-refractivity contribution in [3.8, 4) is 0 Å². The van der Waals surface area contributed by atoms with Crippen molar-refractivity contribution in [2.24, 2.45) is 5.73 Å². The van der Waals surface area contributed by atoms with Crippen LogP contribution in [0.3, 0.4) is 0 Å². The van der Waals surface area contributed by atoms with Crippen molar-refractivity contribution >= 4 is 18.3 Å². The van der Waals surface area contributed by atoms with Crippen LogP contribution in [-0.2, 0) is 10.3 Å². The van der Waals surface area contributed by atoms with E-state index in [9.17, 15) is 4.79 Å². The van der Waals surface area contributed by atoms with Crippen molar-refractivity contribution < 1.29 is 4.79 Å². The Kier molecular flexibility index (Phi) is 8.64. The van der Waals surface area contributed by atoms with Gasteiger partial charge >= 0.3 is 0 Å². The van der Waals surface area contributed by atoms with Gasteiger partial charge < -0.3 is 11.1 Å². The maximum atomic E-state index is 12.4. The van der Waals surface area contributed by atoms with Crippen LogP contribution in [0, 0.1) is 6.92 Å². The van der Waals surface area contributed by atoms with Crippen molar-refractivity contribution in [3.05, 3.63) is 35.4 Å². The molecule has 1 amide bonds. The number of amides is 1. The minimum absolute atomic E-state index is 0. The maximum absolute atomic E-state index is 12.4. The third-order valence-corrected chi connectivity index (χ3v) is 4.76. The van der Waals surface area contributed by atoms with Gasteiger partial charge in [0.1, 0.15) is 0 Å². The highest BCUT2D eigenvalue weighted by Crippen LogP contribution is 2.39. The van der Waals surface area contributed by atoms with Crippen molar-refractivity contribution in [2.45, 2.75) is 70.3 Å². The molecule has 1 aliphatic carbocycles. The van der Waals surface area contributed by atoms with Crippen molar-refractivity contribution in [1.29, 1.82) is 0 Å². The van der Waals surface area contributed by atoms with E-state index < -0.39 is 0 Å². The first kappa shape index (κ1) is 20.0. The van der Waals surface area contributed by atoms with E-state index in [1.807, 2.05) is 0 Å². The van der Waals surface area contributed by atoms with Gasteiger partial charge in [-0.25, -0.2) is 0 Å². The molecule has 0 bridgehead atoms. The predicted octanol–water partition coefficient (Wildman–Crippen LogP) is 4.21. The summed E-state index contributed by atoms with van der Waals surface area (Å²) < 4.78 is 0. The SMILES string of the molecule is Cc1cccc(C2(NC(=O)CCCCCCN)CCCC2)c1.Cl. The van der Waals surface area contributed by atoms with Crippen LogP contribution in [0.25, 0.3) is 0 Å². The lowest BCUT2D eigenvalue weighted by Gasteiger charge is -2.31. The molecule has 0 unspecified atom stereocenters. The normalized spacial score (nSPS) is 15.9. The summed E-state index contributed by atoms with van der Waals surface area (Å²) in [6, 6.07) is 8.61. The first-order chi connectivity index (χ1) is 10.7. The fourth-order valence-electron chi connectivity index (χ4n) is 3.52. The largest absolute Gasteiger partial charge is 0.347 e. The zero-order valence-corrected chi connectivity index (χ0v) is 15.1. The van der Waals surface area contributed by atoms with Gasteiger partial charge in [0.15, 0.2) is 0 Å². The molecule has 1 saturated carbocycles. The fraction of sp³-hybridized carbons (Fsp3) is 0.632. The summed E-state index contributed by atoms with van der Waals surface area (Å²) in [7, 11) is 0. The number of carbonyl (C=O) groups excluding carboxylic acids is 1. The number of carbonyl (C=O) groups is 1. The minimum atomic E-state index is -0.125. The topological polar surface area (TPSA) is 55.1 Å². The summed E-state index contributed by atoms with van der Waals surface area (Å²) in [5.41, 5.74) is 7.91. The zero-order chi connectivity index (χ0) is 15.8. The van der Waals surface area contributed by atoms with Gasteiger partial charge in [-0.1, -0.05) is 55.5 Å². The van der Waals surface area contributed by atoms with Gasteiger partial charge in [0.05, 0.1) is 5.54 Å². The van der Waals surface area contributed by atoms with E-state index in [2.05, 4.69) is 36.5 Å². The lowest BCUT2D eigenvalue weighted by Crippen LogP contribution is -2.43. The molecule has 4 heteroatoms. The predicted molar refractivity (Wildman–Crippen MR) is 98.9 cm³/mol. The van der Waals surface area contributed by atoms with Crippen LogP contribution < -0.4 is 11.1 Å². The Morgan fingerprint density at radius 3 is 2.52 bits per heavy atom. The third-order valence-electron chi connectivity index (χ3n) is 4.76. The second-order valence-corrected chi connectivity index (χ2v) is 6.66. The average molecular weight is 339 g/mol. The number of aryl methyl sites for hydroxylation is 1. The van der Waals surface area contributed by atoms with Crippen LogP contribution in [0.5, 0.6) is 0 Å². The Morgan fingerprint density at radius 1 is 1.17 bits per heavy atom. The van der Waals surface area contributed by atoms with Crippen molar-refractivity contribution in [3.63, 3.8) is 0 Å². The van der Waals surface area contributed by atoms with Gasteiger partial charge in [-0.05, 0) is 44.7 Å².